The first-order valence-electron chi connectivity index (χ1n) is 8.65. The Kier molecular flexibility index (Phi) is 7.40. The Labute approximate surface area is 153 Å². The highest BCUT2D eigenvalue weighted by Crippen LogP contribution is 2.28. The zero-order valence-electron chi connectivity index (χ0n) is 15.7. The van der Waals surface area contributed by atoms with Gasteiger partial charge in [-0.1, -0.05) is 19.9 Å². The van der Waals surface area contributed by atoms with Crippen LogP contribution >= 0.6 is 0 Å². The minimum absolute atomic E-state index is 0.0278. The molecular weight excluding hydrogens is 336 g/mol. The summed E-state index contributed by atoms with van der Waals surface area (Å²) in [5.74, 6) is 1.25. The van der Waals surface area contributed by atoms with Gasteiger partial charge in [0.05, 0.1) is 20.6 Å². The summed E-state index contributed by atoms with van der Waals surface area (Å²) >= 11 is 0. The van der Waals surface area contributed by atoms with Crippen molar-refractivity contribution in [2.24, 2.45) is 0 Å². The van der Waals surface area contributed by atoms with Crippen LogP contribution in [0.5, 0.6) is 11.5 Å². The van der Waals surface area contributed by atoms with Gasteiger partial charge in [0.2, 0.25) is 5.89 Å². The van der Waals surface area contributed by atoms with E-state index in [0.717, 1.165) is 25.2 Å². The standard InChI is InChI=1S/C18H26N4O4/c1-5-22(6-2)10-9-19-17(23)18-21-20-16(26-18)12-13-7-8-14(24-3)15(11-13)25-4/h7-8,11H,5-6,9-10,12H2,1-4H3,(H,19,23). The van der Waals surface area contributed by atoms with Crippen molar-refractivity contribution >= 4 is 5.91 Å². The second-order valence-corrected chi connectivity index (χ2v) is 5.65. The fourth-order valence-electron chi connectivity index (χ4n) is 2.53. The van der Waals surface area contributed by atoms with Crippen LogP contribution in [0.15, 0.2) is 22.6 Å². The lowest BCUT2D eigenvalue weighted by Crippen LogP contribution is -2.34. The summed E-state index contributed by atoms with van der Waals surface area (Å²) in [6.45, 7) is 7.39. The molecule has 0 fully saturated rings. The number of nitrogens with one attached hydrogen (secondary N) is 1. The molecule has 8 nitrogen and oxygen atoms in total. The fourth-order valence-corrected chi connectivity index (χ4v) is 2.53. The van der Waals surface area contributed by atoms with Gasteiger partial charge in [-0.25, -0.2) is 0 Å². The van der Waals surface area contributed by atoms with E-state index in [0.29, 0.717) is 30.4 Å². The number of carbonyl (C=O) groups excluding carboxylic acids is 1. The van der Waals surface area contributed by atoms with Crippen molar-refractivity contribution in [3.63, 3.8) is 0 Å². The van der Waals surface area contributed by atoms with E-state index in [4.69, 9.17) is 13.9 Å². The van der Waals surface area contributed by atoms with Gasteiger partial charge < -0.3 is 24.1 Å². The van der Waals surface area contributed by atoms with Crippen LogP contribution in [0.1, 0.15) is 36.0 Å². The first-order chi connectivity index (χ1) is 12.6. The molecule has 1 aromatic heterocycles. The number of hydrogen-bond acceptors (Lipinski definition) is 7. The summed E-state index contributed by atoms with van der Waals surface area (Å²) in [6, 6.07) is 5.54. The fraction of sp³-hybridized carbons (Fsp3) is 0.500. The van der Waals surface area contributed by atoms with Gasteiger partial charge in [0.15, 0.2) is 11.5 Å². The van der Waals surface area contributed by atoms with Gasteiger partial charge in [-0.05, 0) is 30.8 Å². The first-order valence-corrected chi connectivity index (χ1v) is 8.65. The molecule has 0 aliphatic rings. The van der Waals surface area contributed by atoms with E-state index in [2.05, 4.69) is 34.3 Å². The second kappa shape index (κ2) is 9.76. The third-order valence-electron chi connectivity index (χ3n) is 4.07. The number of amides is 1. The highest BCUT2D eigenvalue weighted by atomic mass is 16.5. The molecule has 2 aromatic rings. The zero-order valence-corrected chi connectivity index (χ0v) is 15.7. The maximum atomic E-state index is 12.1. The highest BCUT2D eigenvalue weighted by molar-refractivity contribution is 5.89. The van der Waals surface area contributed by atoms with Crippen LogP contribution in [0.2, 0.25) is 0 Å². The Morgan fingerprint density at radius 1 is 1.15 bits per heavy atom. The van der Waals surface area contributed by atoms with Gasteiger partial charge in [0, 0.05) is 13.1 Å². The molecule has 142 valence electrons. The number of ether oxygens (including phenoxy) is 2. The maximum Gasteiger partial charge on any atom is 0.308 e. The number of carbonyl (C=O) groups is 1. The number of rotatable bonds is 10. The van der Waals surface area contributed by atoms with E-state index in [1.54, 1.807) is 14.2 Å². The van der Waals surface area contributed by atoms with Gasteiger partial charge in [-0.3, -0.25) is 4.79 Å². The lowest BCUT2D eigenvalue weighted by Gasteiger charge is -2.17. The van der Waals surface area contributed by atoms with Crippen LogP contribution in [0.3, 0.4) is 0 Å². The molecule has 0 radical (unpaired) electrons. The molecule has 1 N–H and O–H groups in total. The minimum atomic E-state index is -0.358. The van der Waals surface area contributed by atoms with E-state index in [1.807, 2.05) is 18.2 Å². The van der Waals surface area contributed by atoms with E-state index in [1.165, 1.54) is 0 Å². The third-order valence-corrected chi connectivity index (χ3v) is 4.07. The Hall–Kier alpha value is -2.61. The van der Waals surface area contributed by atoms with E-state index < -0.39 is 0 Å². The number of benzene rings is 1. The molecule has 1 amide bonds. The molecule has 0 unspecified atom stereocenters. The molecule has 0 aliphatic carbocycles. The summed E-state index contributed by atoms with van der Waals surface area (Å²) in [4.78, 5) is 14.3. The SMILES string of the molecule is CCN(CC)CCNC(=O)c1nnc(Cc2ccc(OC)c(OC)c2)o1. The molecule has 0 saturated carbocycles. The number of hydrogen-bond donors (Lipinski definition) is 1. The van der Waals surface area contributed by atoms with Crippen molar-refractivity contribution in [3.8, 4) is 11.5 Å². The van der Waals surface area contributed by atoms with Crippen molar-refractivity contribution in [1.29, 1.82) is 0 Å². The molecule has 0 spiro atoms. The largest absolute Gasteiger partial charge is 0.493 e. The van der Waals surface area contributed by atoms with Crippen molar-refractivity contribution in [1.82, 2.24) is 20.4 Å². The average Bonchev–Trinajstić information content (AvgIpc) is 3.13. The van der Waals surface area contributed by atoms with Crippen LogP contribution in [-0.2, 0) is 6.42 Å². The molecule has 1 aromatic carbocycles. The summed E-state index contributed by atoms with van der Waals surface area (Å²) < 4.78 is 16.0. The van der Waals surface area contributed by atoms with Crippen molar-refractivity contribution in [2.75, 3.05) is 40.4 Å². The van der Waals surface area contributed by atoms with E-state index in [9.17, 15) is 4.79 Å². The van der Waals surface area contributed by atoms with Gasteiger partial charge >= 0.3 is 11.8 Å². The molecule has 8 heteroatoms. The number of aromatic nitrogens is 2. The third kappa shape index (κ3) is 5.19. The van der Waals surface area contributed by atoms with Crippen molar-refractivity contribution in [2.45, 2.75) is 20.3 Å². The topological polar surface area (TPSA) is 89.7 Å². The quantitative estimate of drug-likeness (QED) is 0.688. The van der Waals surface area contributed by atoms with Crippen LogP contribution in [-0.4, -0.2) is 61.4 Å². The molecule has 0 aliphatic heterocycles. The molecule has 0 saturated heterocycles. The summed E-state index contributed by atoms with van der Waals surface area (Å²) in [6.07, 6.45) is 0.403. The lowest BCUT2D eigenvalue weighted by molar-refractivity contribution is 0.0912. The van der Waals surface area contributed by atoms with E-state index >= 15 is 0 Å². The van der Waals surface area contributed by atoms with Crippen LogP contribution in [0.4, 0.5) is 0 Å². The van der Waals surface area contributed by atoms with Crippen LogP contribution in [0, 0.1) is 0 Å². The Morgan fingerprint density at radius 2 is 1.88 bits per heavy atom. The van der Waals surface area contributed by atoms with Crippen molar-refractivity contribution in [3.05, 3.63) is 35.5 Å². The number of nitrogens with zero attached hydrogens (tertiary/aromatic N) is 3. The molecule has 0 bridgehead atoms. The monoisotopic (exact) mass is 362 g/mol. The normalized spacial score (nSPS) is 10.8. The van der Waals surface area contributed by atoms with Gasteiger partial charge in [0.1, 0.15) is 0 Å². The Balaban J connectivity index is 1.94. The van der Waals surface area contributed by atoms with E-state index in [-0.39, 0.29) is 11.8 Å². The summed E-state index contributed by atoms with van der Waals surface area (Å²) in [7, 11) is 3.16. The van der Waals surface area contributed by atoms with Gasteiger partial charge in [-0.2, -0.15) is 0 Å². The highest BCUT2D eigenvalue weighted by Gasteiger charge is 2.15. The molecule has 2 rings (SSSR count). The lowest BCUT2D eigenvalue weighted by atomic mass is 10.1. The minimum Gasteiger partial charge on any atom is -0.493 e. The molecule has 0 atom stereocenters. The summed E-state index contributed by atoms with van der Waals surface area (Å²) in [5, 5.41) is 10.6. The predicted octanol–water partition coefficient (Wildman–Crippen LogP) is 1.75. The molecular formula is C18H26N4O4. The second-order valence-electron chi connectivity index (χ2n) is 5.65. The zero-order chi connectivity index (χ0) is 18.9. The average molecular weight is 362 g/mol. The summed E-state index contributed by atoms with van der Waals surface area (Å²) in [5.41, 5.74) is 0.916. The van der Waals surface area contributed by atoms with Crippen LogP contribution in [0.25, 0.3) is 0 Å². The number of methoxy groups -OCH3 is 2. The maximum absolute atomic E-state index is 12.1. The molecule has 26 heavy (non-hydrogen) atoms. The predicted molar refractivity (Wildman–Crippen MR) is 96.8 cm³/mol. The smallest absolute Gasteiger partial charge is 0.308 e. The van der Waals surface area contributed by atoms with Crippen LogP contribution < -0.4 is 14.8 Å². The first kappa shape index (κ1) is 19.7. The van der Waals surface area contributed by atoms with Crippen molar-refractivity contribution < 1.29 is 18.7 Å². The van der Waals surface area contributed by atoms with Gasteiger partial charge in [0.25, 0.3) is 0 Å². The number of likely N-dealkylation sites (N-methyl/N-ethyl adjacent to an activating group) is 1. The Bertz CT molecular complexity index is 713. The van der Waals surface area contributed by atoms with Gasteiger partial charge in [-0.15, -0.1) is 10.2 Å². The Morgan fingerprint density at radius 3 is 2.54 bits per heavy atom. The molecule has 1 heterocycles.